The highest BCUT2D eigenvalue weighted by Crippen LogP contribution is 2.32. The van der Waals surface area contributed by atoms with Gasteiger partial charge in [0.05, 0.1) is 24.6 Å². The first-order valence-corrected chi connectivity index (χ1v) is 7.49. The van der Waals surface area contributed by atoms with Crippen molar-refractivity contribution in [2.75, 3.05) is 13.7 Å². The Morgan fingerprint density at radius 1 is 1.41 bits per heavy atom. The van der Waals surface area contributed by atoms with Crippen LogP contribution in [0.1, 0.15) is 42.2 Å². The van der Waals surface area contributed by atoms with Gasteiger partial charge in [-0.15, -0.1) is 0 Å². The average Bonchev–Trinajstić information content (AvgIpc) is 2.52. The molecular weight excluding hydrogens is 282 g/mol. The number of pyridine rings is 1. The third-order valence-corrected chi connectivity index (χ3v) is 4.22. The molecule has 0 spiro atoms. The van der Waals surface area contributed by atoms with Crippen molar-refractivity contribution in [1.29, 1.82) is 0 Å². The lowest BCUT2D eigenvalue weighted by atomic mass is 9.95. The normalized spacial score (nSPS) is 16.6. The fourth-order valence-corrected chi connectivity index (χ4v) is 3.06. The minimum absolute atomic E-state index is 0.0855. The highest BCUT2D eigenvalue weighted by Gasteiger charge is 2.24. The van der Waals surface area contributed by atoms with Gasteiger partial charge in [-0.3, -0.25) is 4.79 Å². The summed E-state index contributed by atoms with van der Waals surface area (Å²) in [5.74, 6) is 0.0713. The fourth-order valence-electron chi connectivity index (χ4n) is 3.06. The van der Waals surface area contributed by atoms with E-state index in [-0.39, 0.29) is 23.6 Å². The van der Waals surface area contributed by atoms with Crippen LogP contribution < -0.4 is 10.2 Å². The third-order valence-electron chi connectivity index (χ3n) is 4.22. The molecule has 1 atom stereocenters. The van der Waals surface area contributed by atoms with Gasteiger partial charge >= 0.3 is 5.97 Å². The zero-order chi connectivity index (χ0) is 15.9. The Hall–Kier alpha value is -2.30. The van der Waals surface area contributed by atoms with E-state index in [2.05, 4.69) is 6.92 Å². The summed E-state index contributed by atoms with van der Waals surface area (Å²) in [4.78, 5) is 24.8. The van der Waals surface area contributed by atoms with Crippen molar-refractivity contribution < 1.29 is 14.3 Å². The maximum atomic E-state index is 12.7. The van der Waals surface area contributed by atoms with Gasteiger partial charge in [0, 0.05) is 12.2 Å². The molecule has 0 fully saturated rings. The quantitative estimate of drug-likeness (QED) is 0.818. The van der Waals surface area contributed by atoms with E-state index in [0.717, 1.165) is 23.9 Å². The molecule has 0 aliphatic carbocycles. The van der Waals surface area contributed by atoms with Crippen molar-refractivity contribution in [3.8, 4) is 5.75 Å². The number of aromatic nitrogens is 1. The number of benzene rings is 1. The summed E-state index contributed by atoms with van der Waals surface area (Å²) in [7, 11) is 1.58. The number of carbonyl (C=O) groups excluding carboxylic acids is 1. The largest absolute Gasteiger partial charge is 0.497 e. The molecule has 3 rings (SSSR count). The van der Waals surface area contributed by atoms with Gasteiger partial charge in [0.15, 0.2) is 0 Å². The molecule has 5 heteroatoms. The molecule has 1 unspecified atom stereocenters. The van der Waals surface area contributed by atoms with Gasteiger partial charge in [-0.2, -0.15) is 0 Å². The molecule has 116 valence electrons. The standard InChI is InChI=1S/C17H19NO4/c1-4-22-17(20)14-9-18-10(2)5-6-11-7-12(21-3)8-13(15(11)18)16(14)19/h7-10H,4-6H2,1-3H3. The van der Waals surface area contributed by atoms with Crippen LogP contribution >= 0.6 is 0 Å². The van der Waals surface area contributed by atoms with Gasteiger partial charge in [-0.05, 0) is 44.4 Å². The summed E-state index contributed by atoms with van der Waals surface area (Å²) in [6.45, 7) is 4.06. The zero-order valence-electron chi connectivity index (χ0n) is 13.0. The van der Waals surface area contributed by atoms with E-state index in [1.54, 1.807) is 26.3 Å². The Balaban J connectivity index is 2.36. The third kappa shape index (κ3) is 2.17. The van der Waals surface area contributed by atoms with Crippen LogP contribution in [0.3, 0.4) is 0 Å². The highest BCUT2D eigenvalue weighted by atomic mass is 16.5. The molecule has 0 N–H and O–H groups in total. The number of carbonyl (C=O) groups is 1. The van der Waals surface area contributed by atoms with Crippen molar-refractivity contribution in [2.24, 2.45) is 0 Å². The number of methoxy groups -OCH3 is 1. The molecule has 1 aliphatic heterocycles. The van der Waals surface area contributed by atoms with Crippen molar-refractivity contribution >= 4 is 16.9 Å². The van der Waals surface area contributed by atoms with Crippen LogP contribution in [0.25, 0.3) is 10.9 Å². The van der Waals surface area contributed by atoms with Crippen LogP contribution in [0.5, 0.6) is 5.75 Å². The highest BCUT2D eigenvalue weighted by molar-refractivity contribution is 5.95. The van der Waals surface area contributed by atoms with Crippen LogP contribution in [0, 0.1) is 0 Å². The summed E-state index contributed by atoms with van der Waals surface area (Å²) in [5, 5.41) is 0.520. The number of ether oxygens (including phenoxy) is 2. The van der Waals surface area contributed by atoms with E-state index in [9.17, 15) is 9.59 Å². The minimum atomic E-state index is -0.569. The maximum absolute atomic E-state index is 12.7. The lowest BCUT2D eigenvalue weighted by molar-refractivity contribution is 0.0524. The first-order chi connectivity index (χ1) is 10.6. The van der Waals surface area contributed by atoms with Gasteiger partial charge < -0.3 is 14.0 Å². The molecule has 0 saturated heterocycles. The average molecular weight is 301 g/mol. The lowest BCUT2D eigenvalue weighted by Gasteiger charge is -2.27. The van der Waals surface area contributed by atoms with Crippen LogP contribution in [0.4, 0.5) is 0 Å². The van der Waals surface area contributed by atoms with E-state index in [0.29, 0.717) is 11.1 Å². The Kier molecular flexibility index (Phi) is 3.64. The van der Waals surface area contributed by atoms with Gasteiger partial charge in [0.2, 0.25) is 5.43 Å². The Labute approximate surface area is 128 Å². The van der Waals surface area contributed by atoms with Crippen molar-refractivity contribution in [3.05, 3.63) is 39.7 Å². The first-order valence-electron chi connectivity index (χ1n) is 7.49. The SMILES string of the molecule is CCOC(=O)c1cn2c3c(cc(OC)cc3c1=O)CCC2C. The summed E-state index contributed by atoms with van der Waals surface area (Å²) >= 11 is 0. The fraction of sp³-hybridized carbons (Fsp3) is 0.412. The Bertz CT molecular complexity index is 806. The molecular formula is C17H19NO4. The monoisotopic (exact) mass is 301 g/mol. The van der Waals surface area contributed by atoms with Gasteiger partial charge in [-0.25, -0.2) is 4.79 Å². The predicted molar refractivity (Wildman–Crippen MR) is 83.7 cm³/mol. The van der Waals surface area contributed by atoms with Crippen LogP contribution in [-0.2, 0) is 11.2 Å². The predicted octanol–water partition coefficient (Wildman–Crippen LogP) is 2.69. The first kappa shape index (κ1) is 14.6. The zero-order valence-corrected chi connectivity index (χ0v) is 13.0. The van der Waals surface area contributed by atoms with Gasteiger partial charge in [0.1, 0.15) is 11.3 Å². The van der Waals surface area contributed by atoms with Gasteiger partial charge in [-0.1, -0.05) is 0 Å². The van der Waals surface area contributed by atoms with E-state index in [1.165, 1.54) is 0 Å². The van der Waals surface area contributed by atoms with E-state index < -0.39 is 5.97 Å². The Morgan fingerprint density at radius 2 is 2.18 bits per heavy atom. The van der Waals surface area contributed by atoms with Crippen molar-refractivity contribution in [1.82, 2.24) is 4.57 Å². The molecule has 2 heterocycles. The summed E-state index contributed by atoms with van der Waals surface area (Å²) < 4.78 is 12.3. The minimum Gasteiger partial charge on any atom is -0.497 e. The number of hydrogen-bond donors (Lipinski definition) is 0. The lowest BCUT2D eigenvalue weighted by Crippen LogP contribution is -2.25. The molecule has 2 aromatic rings. The number of hydrogen-bond acceptors (Lipinski definition) is 4. The number of esters is 1. The molecule has 0 radical (unpaired) electrons. The molecule has 22 heavy (non-hydrogen) atoms. The second kappa shape index (κ2) is 5.48. The molecule has 1 aromatic carbocycles. The molecule has 5 nitrogen and oxygen atoms in total. The topological polar surface area (TPSA) is 57.5 Å². The molecule has 1 aliphatic rings. The molecule has 0 amide bonds. The van der Waals surface area contributed by atoms with E-state index in [1.807, 2.05) is 10.6 Å². The smallest absolute Gasteiger partial charge is 0.343 e. The van der Waals surface area contributed by atoms with E-state index >= 15 is 0 Å². The van der Waals surface area contributed by atoms with Crippen LogP contribution in [0.2, 0.25) is 0 Å². The van der Waals surface area contributed by atoms with Crippen molar-refractivity contribution in [3.63, 3.8) is 0 Å². The summed E-state index contributed by atoms with van der Waals surface area (Å²) in [6, 6.07) is 3.91. The molecule has 0 saturated carbocycles. The molecule has 1 aromatic heterocycles. The number of nitrogens with zero attached hydrogens (tertiary/aromatic N) is 1. The summed E-state index contributed by atoms with van der Waals surface area (Å²) in [5.41, 5.74) is 1.78. The second-order valence-electron chi connectivity index (χ2n) is 5.57. The van der Waals surface area contributed by atoms with Crippen LogP contribution in [-0.4, -0.2) is 24.3 Å². The summed E-state index contributed by atoms with van der Waals surface area (Å²) in [6.07, 6.45) is 3.50. The second-order valence-corrected chi connectivity index (χ2v) is 5.57. The van der Waals surface area contributed by atoms with Crippen molar-refractivity contribution in [2.45, 2.75) is 32.7 Å². The Morgan fingerprint density at radius 3 is 2.86 bits per heavy atom. The molecule has 0 bridgehead atoms. The van der Waals surface area contributed by atoms with Crippen LogP contribution in [0.15, 0.2) is 23.1 Å². The maximum Gasteiger partial charge on any atom is 0.343 e. The van der Waals surface area contributed by atoms with Gasteiger partial charge in [0.25, 0.3) is 0 Å². The van der Waals surface area contributed by atoms with E-state index in [4.69, 9.17) is 9.47 Å². The number of rotatable bonds is 3. The number of aryl methyl sites for hydroxylation is 1.